The number of rotatable bonds is 8. The second-order valence-corrected chi connectivity index (χ2v) is 7.62. The van der Waals surface area contributed by atoms with E-state index < -0.39 is 0 Å². The summed E-state index contributed by atoms with van der Waals surface area (Å²) < 4.78 is 0. The van der Waals surface area contributed by atoms with E-state index in [0.29, 0.717) is 37.3 Å². The van der Waals surface area contributed by atoms with Crippen molar-refractivity contribution in [1.29, 1.82) is 0 Å². The van der Waals surface area contributed by atoms with Gasteiger partial charge in [-0.1, -0.05) is 63.8 Å². The minimum absolute atomic E-state index is 0.125. The molecule has 1 amide bonds. The molecule has 0 fully saturated rings. The molecule has 1 aromatic carbocycles. The van der Waals surface area contributed by atoms with Gasteiger partial charge >= 0.3 is 0 Å². The van der Waals surface area contributed by atoms with Gasteiger partial charge in [0.25, 0.3) is 5.56 Å². The lowest BCUT2D eigenvalue weighted by atomic mass is 10.0. The van der Waals surface area contributed by atoms with Gasteiger partial charge < -0.3 is 9.88 Å². The maximum atomic E-state index is 12.6. The van der Waals surface area contributed by atoms with Gasteiger partial charge in [0.15, 0.2) is 0 Å². The third kappa shape index (κ3) is 4.89. The molecule has 28 heavy (non-hydrogen) atoms. The van der Waals surface area contributed by atoms with Crippen molar-refractivity contribution in [2.75, 3.05) is 6.54 Å². The molecule has 0 saturated carbocycles. The lowest BCUT2D eigenvalue weighted by Crippen LogP contribution is -2.39. The molecule has 3 rings (SSSR count). The van der Waals surface area contributed by atoms with Crippen molar-refractivity contribution in [2.45, 2.75) is 71.8 Å². The van der Waals surface area contributed by atoms with Crippen LogP contribution in [0.3, 0.4) is 0 Å². The summed E-state index contributed by atoms with van der Waals surface area (Å²) in [5.41, 5.74) is 3.51. The van der Waals surface area contributed by atoms with Gasteiger partial charge in [0.1, 0.15) is 5.82 Å². The Balaban J connectivity index is 1.67. The fraction of sp³-hybridized carbons (Fsp3) is 0.522. The molecule has 2 heterocycles. The van der Waals surface area contributed by atoms with Crippen LogP contribution in [0, 0.1) is 0 Å². The van der Waals surface area contributed by atoms with Crippen LogP contribution in [0.5, 0.6) is 0 Å². The molecular formula is C23H31N3O2. The smallest absolute Gasteiger partial charge is 0.256 e. The quantitative estimate of drug-likeness (QED) is 0.695. The molecule has 2 aromatic rings. The summed E-state index contributed by atoms with van der Waals surface area (Å²) in [5.74, 6) is 0.767. The summed E-state index contributed by atoms with van der Waals surface area (Å²) in [7, 11) is 0. The van der Waals surface area contributed by atoms with Crippen LogP contribution in [0.1, 0.15) is 69.2 Å². The zero-order valence-corrected chi connectivity index (χ0v) is 17.1. The Kier molecular flexibility index (Phi) is 7.01. The van der Waals surface area contributed by atoms with Crippen LogP contribution in [0.2, 0.25) is 0 Å². The van der Waals surface area contributed by atoms with Gasteiger partial charge in [-0.05, 0) is 18.4 Å². The molecule has 0 unspecified atom stereocenters. The van der Waals surface area contributed by atoms with Gasteiger partial charge in [-0.25, -0.2) is 4.98 Å². The van der Waals surface area contributed by atoms with E-state index in [2.05, 4.69) is 31.0 Å². The number of aryl methyl sites for hydroxylation is 1. The maximum Gasteiger partial charge on any atom is 0.256 e. The lowest BCUT2D eigenvalue weighted by Gasteiger charge is -2.28. The molecular weight excluding hydrogens is 350 g/mol. The van der Waals surface area contributed by atoms with E-state index >= 15 is 0 Å². The molecule has 0 aliphatic carbocycles. The standard InChI is InChI=1S/C23H31N3O2/c1-3-5-6-7-8-9-21(27)26-15-14-20-19(16-26)23(28)25-22(24-20)18-12-10-17(4-2)11-13-18/h10-13H,3-9,14-16H2,1-2H3,(H,24,25,28). The van der Waals surface area contributed by atoms with E-state index in [-0.39, 0.29) is 11.5 Å². The van der Waals surface area contributed by atoms with Crippen LogP contribution in [0.25, 0.3) is 11.4 Å². The largest absolute Gasteiger partial charge is 0.338 e. The van der Waals surface area contributed by atoms with Gasteiger partial charge in [-0.15, -0.1) is 0 Å². The van der Waals surface area contributed by atoms with E-state index in [1.54, 1.807) is 0 Å². The number of carbonyl (C=O) groups excluding carboxylic acids is 1. The van der Waals surface area contributed by atoms with Crippen LogP contribution >= 0.6 is 0 Å². The Morgan fingerprint density at radius 2 is 1.86 bits per heavy atom. The number of hydrogen-bond donors (Lipinski definition) is 1. The molecule has 1 aliphatic rings. The maximum absolute atomic E-state index is 12.6. The zero-order valence-electron chi connectivity index (χ0n) is 17.1. The molecule has 0 bridgehead atoms. The van der Waals surface area contributed by atoms with Gasteiger partial charge in [0.2, 0.25) is 5.91 Å². The first-order chi connectivity index (χ1) is 13.6. The number of amides is 1. The minimum atomic E-state index is -0.125. The Bertz CT molecular complexity index is 855. The third-order valence-corrected chi connectivity index (χ3v) is 5.55. The van der Waals surface area contributed by atoms with Crippen molar-refractivity contribution in [2.24, 2.45) is 0 Å². The highest BCUT2D eigenvalue weighted by molar-refractivity contribution is 5.76. The van der Waals surface area contributed by atoms with Crippen molar-refractivity contribution < 1.29 is 4.79 Å². The summed E-state index contributed by atoms with van der Waals surface area (Å²) in [6.07, 6.45) is 7.87. The van der Waals surface area contributed by atoms with Gasteiger partial charge in [-0.2, -0.15) is 0 Å². The van der Waals surface area contributed by atoms with E-state index in [1.165, 1.54) is 24.8 Å². The topological polar surface area (TPSA) is 66.1 Å². The highest BCUT2D eigenvalue weighted by atomic mass is 16.2. The predicted octanol–water partition coefficient (Wildman–Crippen LogP) is 4.24. The van der Waals surface area contributed by atoms with Crippen molar-refractivity contribution >= 4 is 5.91 Å². The Hall–Kier alpha value is -2.43. The second kappa shape index (κ2) is 9.67. The van der Waals surface area contributed by atoms with Crippen LogP contribution in [-0.2, 0) is 24.2 Å². The number of nitrogens with one attached hydrogen (secondary N) is 1. The van der Waals surface area contributed by atoms with E-state index in [4.69, 9.17) is 4.98 Å². The van der Waals surface area contributed by atoms with E-state index in [1.807, 2.05) is 17.0 Å². The number of aromatic nitrogens is 2. The van der Waals surface area contributed by atoms with Crippen LogP contribution in [-0.4, -0.2) is 27.3 Å². The lowest BCUT2D eigenvalue weighted by molar-refractivity contribution is -0.132. The minimum Gasteiger partial charge on any atom is -0.338 e. The predicted molar refractivity (Wildman–Crippen MR) is 112 cm³/mol. The first kappa shape index (κ1) is 20.3. The second-order valence-electron chi connectivity index (χ2n) is 7.62. The Morgan fingerprint density at radius 1 is 1.11 bits per heavy atom. The van der Waals surface area contributed by atoms with Crippen LogP contribution in [0.4, 0.5) is 0 Å². The first-order valence-electron chi connectivity index (χ1n) is 10.6. The molecule has 0 saturated heterocycles. The van der Waals surface area contributed by atoms with E-state index in [9.17, 15) is 9.59 Å². The molecule has 1 N–H and O–H groups in total. The number of H-pyrrole nitrogens is 1. The monoisotopic (exact) mass is 381 g/mol. The number of nitrogens with zero attached hydrogens (tertiary/aromatic N) is 2. The number of benzene rings is 1. The average molecular weight is 382 g/mol. The molecule has 0 atom stereocenters. The van der Waals surface area contributed by atoms with Gasteiger partial charge in [-0.3, -0.25) is 9.59 Å². The Labute approximate surface area is 167 Å². The molecule has 5 heteroatoms. The fourth-order valence-electron chi connectivity index (χ4n) is 3.71. The molecule has 0 spiro atoms. The molecule has 1 aromatic heterocycles. The van der Waals surface area contributed by atoms with Crippen molar-refractivity contribution in [3.05, 3.63) is 51.4 Å². The number of carbonyl (C=O) groups is 1. The number of hydrogen-bond acceptors (Lipinski definition) is 3. The summed E-state index contributed by atoms with van der Waals surface area (Å²) in [6, 6.07) is 8.13. The third-order valence-electron chi connectivity index (χ3n) is 5.55. The average Bonchev–Trinajstić information content (AvgIpc) is 2.73. The highest BCUT2D eigenvalue weighted by Crippen LogP contribution is 2.20. The SMILES string of the molecule is CCCCCCCC(=O)N1CCc2nc(-c3ccc(CC)cc3)[nH]c(=O)c2C1. The number of fused-ring (bicyclic) bond motifs is 1. The van der Waals surface area contributed by atoms with Crippen molar-refractivity contribution in [3.8, 4) is 11.4 Å². The zero-order chi connectivity index (χ0) is 19.9. The highest BCUT2D eigenvalue weighted by Gasteiger charge is 2.24. The van der Waals surface area contributed by atoms with Crippen LogP contribution < -0.4 is 5.56 Å². The molecule has 5 nitrogen and oxygen atoms in total. The first-order valence-corrected chi connectivity index (χ1v) is 10.6. The van der Waals surface area contributed by atoms with Gasteiger partial charge in [0.05, 0.1) is 17.8 Å². The Morgan fingerprint density at radius 3 is 2.57 bits per heavy atom. The van der Waals surface area contributed by atoms with E-state index in [0.717, 1.165) is 30.5 Å². The fourth-order valence-corrected chi connectivity index (χ4v) is 3.71. The van der Waals surface area contributed by atoms with Crippen LogP contribution in [0.15, 0.2) is 29.1 Å². The van der Waals surface area contributed by atoms with Crippen molar-refractivity contribution in [1.82, 2.24) is 14.9 Å². The summed E-state index contributed by atoms with van der Waals surface area (Å²) in [6.45, 7) is 5.33. The van der Waals surface area contributed by atoms with Crippen molar-refractivity contribution in [3.63, 3.8) is 0 Å². The molecule has 150 valence electrons. The molecule has 0 radical (unpaired) electrons. The summed E-state index contributed by atoms with van der Waals surface area (Å²) in [5, 5.41) is 0. The molecule has 1 aliphatic heterocycles. The number of unbranched alkanes of at least 4 members (excludes halogenated alkanes) is 4. The number of aromatic amines is 1. The summed E-state index contributed by atoms with van der Waals surface area (Å²) in [4.78, 5) is 34.6. The normalized spacial score (nSPS) is 13.4. The summed E-state index contributed by atoms with van der Waals surface area (Å²) >= 11 is 0. The van der Waals surface area contributed by atoms with Gasteiger partial charge in [0, 0.05) is 24.9 Å².